The van der Waals surface area contributed by atoms with Gasteiger partial charge in [-0.15, -0.1) is 0 Å². The molecule has 0 radical (unpaired) electrons. The van der Waals surface area contributed by atoms with Gasteiger partial charge in [0.15, 0.2) is 0 Å². The van der Waals surface area contributed by atoms with Crippen LogP contribution in [-0.2, 0) is 16.1 Å². The molecule has 0 saturated carbocycles. The summed E-state index contributed by atoms with van der Waals surface area (Å²) in [5.74, 6) is 0.448. The largest absolute Gasteiger partial charge is 0.465 e. The minimum atomic E-state index is -0.432. The van der Waals surface area contributed by atoms with E-state index in [0.29, 0.717) is 36.1 Å². The van der Waals surface area contributed by atoms with Crippen LogP contribution in [0.15, 0.2) is 47.0 Å². The third-order valence-corrected chi connectivity index (χ3v) is 5.90. The maximum Gasteiger partial charge on any atom is 0.337 e. The molecule has 33 heavy (non-hydrogen) atoms. The first kappa shape index (κ1) is 22.7. The molecule has 1 aliphatic heterocycles. The molecule has 1 saturated heterocycles. The lowest BCUT2D eigenvalue weighted by Crippen LogP contribution is -2.40. The number of carbonyl (C=O) groups excluding carboxylic acids is 2. The van der Waals surface area contributed by atoms with Gasteiger partial charge in [-0.2, -0.15) is 4.98 Å². The standard InChI is InChI=1S/C25H28N4O4/c1-16-6-4-7-18(12-16)23-27-22(33-28-23)15-29-11-5-8-20(14-29)24(30)26-21-13-19(25(31)32-3)10-9-17(21)2/h4,6-7,9-10,12-13,20H,5,8,11,14-15H2,1-3H3,(H,26,30). The van der Waals surface area contributed by atoms with E-state index in [2.05, 4.69) is 20.4 Å². The van der Waals surface area contributed by atoms with E-state index >= 15 is 0 Å². The molecule has 1 atom stereocenters. The van der Waals surface area contributed by atoms with Crippen LogP contribution < -0.4 is 5.32 Å². The summed E-state index contributed by atoms with van der Waals surface area (Å²) in [7, 11) is 1.34. The summed E-state index contributed by atoms with van der Waals surface area (Å²) >= 11 is 0. The number of aromatic nitrogens is 2. The lowest BCUT2D eigenvalue weighted by Gasteiger charge is -2.31. The maximum absolute atomic E-state index is 13.0. The number of nitrogens with zero attached hydrogens (tertiary/aromatic N) is 3. The van der Waals surface area contributed by atoms with Crippen LogP contribution in [0.3, 0.4) is 0 Å². The number of methoxy groups -OCH3 is 1. The van der Waals surface area contributed by atoms with E-state index in [9.17, 15) is 9.59 Å². The van der Waals surface area contributed by atoms with Crippen LogP contribution in [0.1, 0.15) is 40.2 Å². The Kier molecular flexibility index (Phi) is 6.84. The summed E-state index contributed by atoms with van der Waals surface area (Å²) in [4.78, 5) is 31.5. The van der Waals surface area contributed by atoms with Gasteiger partial charge in [0.1, 0.15) is 0 Å². The predicted octanol–water partition coefficient (Wildman–Crippen LogP) is 3.99. The summed E-state index contributed by atoms with van der Waals surface area (Å²) in [6, 6.07) is 13.1. The zero-order chi connectivity index (χ0) is 23.4. The third-order valence-electron chi connectivity index (χ3n) is 5.90. The van der Waals surface area contributed by atoms with Crippen LogP contribution >= 0.6 is 0 Å². The highest BCUT2D eigenvalue weighted by Gasteiger charge is 2.27. The lowest BCUT2D eigenvalue weighted by molar-refractivity contribution is -0.121. The van der Waals surface area contributed by atoms with E-state index in [0.717, 1.165) is 36.1 Å². The minimum Gasteiger partial charge on any atom is -0.465 e. The van der Waals surface area contributed by atoms with Crippen LogP contribution in [0.4, 0.5) is 5.69 Å². The van der Waals surface area contributed by atoms with E-state index in [1.807, 2.05) is 38.1 Å². The number of hydrogen-bond donors (Lipinski definition) is 1. The predicted molar refractivity (Wildman–Crippen MR) is 124 cm³/mol. The van der Waals surface area contributed by atoms with Gasteiger partial charge in [-0.1, -0.05) is 35.0 Å². The number of piperidine rings is 1. The van der Waals surface area contributed by atoms with Crippen molar-refractivity contribution < 1.29 is 18.8 Å². The number of amides is 1. The van der Waals surface area contributed by atoms with Crippen LogP contribution in [0.25, 0.3) is 11.4 Å². The fourth-order valence-corrected chi connectivity index (χ4v) is 4.06. The third kappa shape index (κ3) is 5.46. The molecule has 1 aromatic heterocycles. The molecular formula is C25H28N4O4. The van der Waals surface area contributed by atoms with Crippen molar-refractivity contribution >= 4 is 17.6 Å². The second-order valence-corrected chi connectivity index (χ2v) is 8.47. The van der Waals surface area contributed by atoms with Gasteiger partial charge in [-0.3, -0.25) is 9.69 Å². The molecule has 0 spiro atoms. The van der Waals surface area contributed by atoms with Gasteiger partial charge in [0.25, 0.3) is 0 Å². The van der Waals surface area contributed by atoms with Gasteiger partial charge < -0.3 is 14.6 Å². The van der Waals surface area contributed by atoms with Crippen LogP contribution in [-0.4, -0.2) is 47.1 Å². The zero-order valence-electron chi connectivity index (χ0n) is 19.1. The fraction of sp³-hybridized carbons (Fsp3) is 0.360. The highest BCUT2D eigenvalue weighted by Crippen LogP contribution is 2.24. The van der Waals surface area contributed by atoms with E-state index in [-0.39, 0.29) is 11.8 Å². The van der Waals surface area contributed by atoms with Crippen LogP contribution in [0.2, 0.25) is 0 Å². The second kappa shape index (κ2) is 9.95. The van der Waals surface area contributed by atoms with Crippen molar-refractivity contribution in [1.29, 1.82) is 0 Å². The van der Waals surface area contributed by atoms with E-state index in [4.69, 9.17) is 9.26 Å². The summed E-state index contributed by atoms with van der Waals surface area (Å²) < 4.78 is 10.2. The van der Waals surface area contributed by atoms with Gasteiger partial charge >= 0.3 is 5.97 Å². The van der Waals surface area contributed by atoms with Gasteiger partial charge in [-0.25, -0.2) is 4.79 Å². The molecule has 172 valence electrons. The van der Waals surface area contributed by atoms with Crippen molar-refractivity contribution in [3.05, 3.63) is 65.0 Å². The highest BCUT2D eigenvalue weighted by atomic mass is 16.5. The van der Waals surface area contributed by atoms with E-state index in [1.54, 1.807) is 18.2 Å². The molecule has 1 unspecified atom stereocenters. The van der Waals surface area contributed by atoms with Crippen LogP contribution in [0.5, 0.6) is 0 Å². The quantitative estimate of drug-likeness (QED) is 0.570. The molecule has 1 amide bonds. The Morgan fingerprint density at radius 3 is 2.85 bits per heavy atom. The molecule has 2 aromatic carbocycles. The second-order valence-electron chi connectivity index (χ2n) is 8.47. The SMILES string of the molecule is COC(=O)c1ccc(C)c(NC(=O)C2CCCN(Cc3nc(-c4cccc(C)c4)no3)C2)c1. The monoisotopic (exact) mass is 448 g/mol. The fourth-order valence-electron chi connectivity index (χ4n) is 4.06. The van der Waals surface area contributed by atoms with Gasteiger partial charge in [0.05, 0.1) is 25.1 Å². The van der Waals surface area contributed by atoms with Crippen molar-refractivity contribution in [3.63, 3.8) is 0 Å². The van der Waals surface area contributed by atoms with Crippen molar-refractivity contribution in [2.24, 2.45) is 5.92 Å². The molecule has 1 fully saturated rings. The van der Waals surface area contributed by atoms with E-state index in [1.165, 1.54) is 7.11 Å². The molecule has 8 heteroatoms. The van der Waals surface area contributed by atoms with Gasteiger partial charge in [0.2, 0.25) is 17.6 Å². The molecule has 0 bridgehead atoms. The van der Waals surface area contributed by atoms with Crippen molar-refractivity contribution in [2.45, 2.75) is 33.2 Å². The number of rotatable bonds is 6. The summed E-state index contributed by atoms with van der Waals surface area (Å²) in [6.45, 7) is 5.88. The first-order valence-corrected chi connectivity index (χ1v) is 11.0. The summed E-state index contributed by atoms with van der Waals surface area (Å²) in [5, 5.41) is 7.10. The number of hydrogen-bond acceptors (Lipinski definition) is 7. The summed E-state index contributed by atoms with van der Waals surface area (Å²) in [5.41, 5.74) is 3.98. The van der Waals surface area contributed by atoms with E-state index < -0.39 is 5.97 Å². The Labute approximate surface area is 192 Å². The van der Waals surface area contributed by atoms with Crippen molar-refractivity contribution in [2.75, 3.05) is 25.5 Å². The first-order valence-electron chi connectivity index (χ1n) is 11.0. The Morgan fingerprint density at radius 1 is 1.21 bits per heavy atom. The maximum atomic E-state index is 13.0. The molecule has 4 rings (SSSR count). The number of likely N-dealkylation sites (tertiary alicyclic amines) is 1. The molecule has 2 heterocycles. The minimum absolute atomic E-state index is 0.0594. The summed E-state index contributed by atoms with van der Waals surface area (Å²) in [6.07, 6.45) is 1.70. The molecule has 0 aliphatic carbocycles. The zero-order valence-corrected chi connectivity index (χ0v) is 19.1. The average Bonchev–Trinajstić information content (AvgIpc) is 3.28. The van der Waals surface area contributed by atoms with Crippen LogP contribution in [0, 0.1) is 19.8 Å². The lowest BCUT2D eigenvalue weighted by atomic mass is 9.96. The molecule has 8 nitrogen and oxygen atoms in total. The molecule has 3 aromatic rings. The number of benzene rings is 2. The smallest absolute Gasteiger partial charge is 0.337 e. The van der Waals surface area contributed by atoms with Gasteiger partial charge in [0, 0.05) is 17.8 Å². The number of ether oxygens (including phenoxy) is 1. The molecule has 1 aliphatic rings. The Balaban J connectivity index is 1.39. The number of aryl methyl sites for hydroxylation is 2. The first-order chi connectivity index (χ1) is 15.9. The Bertz CT molecular complexity index is 1160. The Hall–Kier alpha value is -3.52. The number of anilines is 1. The molecule has 1 N–H and O–H groups in total. The average molecular weight is 449 g/mol. The van der Waals surface area contributed by atoms with Gasteiger partial charge in [-0.05, 0) is 57.0 Å². The highest BCUT2D eigenvalue weighted by molar-refractivity contribution is 5.96. The number of nitrogens with one attached hydrogen (secondary N) is 1. The Morgan fingerprint density at radius 2 is 2.06 bits per heavy atom. The van der Waals surface area contributed by atoms with Crippen molar-refractivity contribution in [1.82, 2.24) is 15.0 Å². The molecular weight excluding hydrogens is 420 g/mol. The normalized spacial score (nSPS) is 16.4. The number of esters is 1. The topological polar surface area (TPSA) is 97.6 Å². The van der Waals surface area contributed by atoms with Crippen molar-refractivity contribution in [3.8, 4) is 11.4 Å². The number of carbonyl (C=O) groups is 2.